The van der Waals surface area contributed by atoms with Crippen LogP contribution in [-0.4, -0.2) is 47.5 Å². The van der Waals surface area contributed by atoms with E-state index in [4.69, 9.17) is 4.74 Å². The maximum absolute atomic E-state index is 11.8. The average molecular weight is 354 g/mol. The van der Waals surface area contributed by atoms with Crippen molar-refractivity contribution in [1.82, 2.24) is 20.2 Å². The first-order valence-electron chi connectivity index (χ1n) is 9.06. The highest BCUT2D eigenvalue weighted by Crippen LogP contribution is 2.29. The molecule has 138 valence electrons. The zero-order valence-electron chi connectivity index (χ0n) is 15.4. The Morgan fingerprint density at radius 2 is 2.08 bits per heavy atom. The van der Waals surface area contributed by atoms with Crippen molar-refractivity contribution >= 4 is 6.41 Å². The van der Waals surface area contributed by atoms with Crippen molar-refractivity contribution in [2.75, 3.05) is 14.2 Å². The maximum atomic E-state index is 11.8. The van der Waals surface area contributed by atoms with Crippen LogP contribution in [0.1, 0.15) is 31.2 Å². The Labute approximate surface area is 154 Å². The second-order valence-corrected chi connectivity index (χ2v) is 6.69. The summed E-state index contributed by atoms with van der Waals surface area (Å²) >= 11 is 0. The lowest BCUT2D eigenvalue weighted by atomic mass is 9.90. The first-order chi connectivity index (χ1) is 12.7. The fourth-order valence-corrected chi connectivity index (χ4v) is 3.65. The summed E-state index contributed by atoms with van der Waals surface area (Å²) in [5.74, 6) is 0.786. The van der Waals surface area contributed by atoms with E-state index in [0.29, 0.717) is 12.6 Å². The fourth-order valence-electron chi connectivity index (χ4n) is 3.65. The summed E-state index contributed by atoms with van der Waals surface area (Å²) in [6.07, 6.45) is 10.3. The van der Waals surface area contributed by atoms with Crippen LogP contribution >= 0.6 is 0 Å². The van der Waals surface area contributed by atoms with E-state index in [1.165, 1.54) is 0 Å². The van der Waals surface area contributed by atoms with Crippen LogP contribution in [0.15, 0.2) is 36.8 Å². The van der Waals surface area contributed by atoms with Crippen LogP contribution in [0.5, 0.6) is 5.75 Å². The van der Waals surface area contributed by atoms with Gasteiger partial charge in [-0.3, -0.25) is 14.8 Å². The molecule has 0 spiro atoms. The number of amides is 1. The molecule has 0 saturated heterocycles. The number of hydrogen-bond acceptors (Lipinski definition) is 5. The summed E-state index contributed by atoms with van der Waals surface area (Å²) in [6.45, 7) is 0.537. The molecule has 1 saturated carbocycles. The van der Waals surface area contributed by atoms with Crippen LogP contribution in [0.3, 0.4) is 0 Å². The highest BCUT2D eigenvalue weighted by atomic mass is 16.5. The largest absolute Gasteiger partial charge is 0.496 e. The summed E-state index contributed by atoms with van der Waals surface area (Å²) < 4.78 is 5.51. The molecular weight excluding hydrogens is 328 g/mol. The Balaban J connectivity index is 1.79. The van der Waals surface area contributed by atoms with E-state index in [-0.39, 0.29) is 6.04 Å². The van der Waals surface area contributed by atoms with Crippen LogP contribution in [0, 0.1) is 0 Å². The molecule has 1 heterocycles. The van der Waals surface area contributed by atoms with Crippen LogP contribution in [0.2, 0.25) is 0 Å². The second kappa shape index (κ2) is 8.76. The third-order valence-corrected chi connectivity index (χ3v) is 5.20. The molecule has 1 N–H and O–H groups in total. The zero-order valence-corrected chi connectivity index (χ0v) is 15.4. The van der Waals surface area contributed by atoms with Crippen molar-refractivity contribution < 1.29 is 9.53 Å². The number of methoxy groups -OCH3 is 1. The summed E-state index contributed by atoms with van der Waals surface area (Å²) in [6, 6.07) is 6.78. The van der Waals surface area contributed by atoms with Gasteiger partial charge >= 0.3 is 0 Å². The Kier molecular flexibility index (Phi) is 6.17. The molecule has 1 aromatic heterocycles. The molecule has 6 nitrogen and oxygen atoms in total. The summed E-state index contributed by atoms with van der Waals surface area (Å²) in [5.41, 5.74) is 2.76. The van der Waals surface area contributed by atoms with Crippen molar-refractivity contribution in [2.24, 2.45) is 0 Å². The molecule has 0 bridgehead atoms. The predicted molar refractivity (Wildman–Crippen MR) is 101 cm³/mol. The van der Waals surface area contributed by atoms with Gasteiger partial charge in [-0.05, 0) is 50.9 Å². The minimum Gasteiger partial charge on any atom is -0.496 e. The number of nitrogens with one attached hydrogen (secondary N) is 1. The van der Waals surface area contributed by atoms with Crippen LogP contribution in [0.4, 0.5) is 0 Å². The highest BCUT2D eigenvalue weighted by molar-refractivity contribution is 5.61. The smallest absolute Gasteiger partial charge is 0.210 e. The number of aromatic nitrogens is 2. The van der Waals surface area contributed by atoms with Gasteiger partial charge in [-0.25, -0.2) is 0 Å². The van der Waals surface area contributed by atoms with Crippen LogP contribution < -0.4 is 10.1 Å². The number of hydrogen-bond donors (Lipinski definition) is 1. The number of carbonyl (C=O) groups excluding carboxylic acids is 1. The van der Waals surface area contributed by atoms with Gasteiger partial charge in [0.15, 0.2) is 0 Å². The molecule has 0 unspecified atom stereocenters. The molecule has 6 heteroatoms. The third kappa shape index (κ3) is 4.19. The van der Waals surface area contributed by atoms with Gasteiger partial charge in [0.2, 0.25) is 6.41 Å². The minimum atomic E-state index is 0.280. The minimum absolute atomic E-state index is 0.280. The summed E-state index contributed by atoms with van der Waals surface area (Å²) in [4.78, 5) is 22.2. The zero-order chi connectivity index (χ0) is 18.4. The molecule has 1 aliphatic rings. The van der Waals surface area contributed by atoms with Crippen molar-refractivity contribution in [3.8, 4) is 17.0 Å². The van der Waals surface area contributed by atoms with Gasteiger partial charge in [0.1, 0.15) is 5.75 Å². The van der Waals surface area contributed by atoms with Gasteiger partial charge < -0.3 is 15.0 Å². The maximum Gasteiger partial charge on any atom is 0.210 e. The van der Waals surface area contributed by atoms with Gasteiger partial charge in [0, 0.05) is 42.1 Å². The molecule has 1 amide bonds. The summed E-state index contributed by atoms with van der Waals surface area (Å²) in [7, 11) is 3.66. The summed E-state index contributed by atoms with van der Waals surface area (Å²) in [5, 5.41) is 3.34. The van der Waals surface area contributed by atoms with Gasteiger partial charge in [-0.2, -0.15) is 0 Å². The average Bonchev–Trinajstić information content (AvgIpc) is 2.72. The molecule has 1 aliphatic carbocycles. The Bertz CT molecular complexity index is 715. The lowest BCUT2D eigenvalue weighted by Crippen LogP contribution is -2.40. The number of benzene rings is 1. The first-order valence-corrected chi connectivity index (χ1v) is 9.06. The number of rotatable bonds is 7. The Hall–Kier alpha value is -2.47. The second-order valence-electron chi connectivity index (χ2n) is 6.69. The first kappa shape index (κ1) is 18.3. The normalized spacial score (nSPS) is 19.8. The lowest BCUT2D eigenvalue weighted by molar-refractivity contribution is -0.121. The van der Waals surface area contributed by atoms with E-state index in [2.05, 4.69) is 15.3 Å². The molecule has 0 radical (unpaired) electrons. The van der Waals surface area contributed by atoms with Crippen molar-refractivity contribution in [2.45, 2.75) is 44.3 Å². The van der Waals surface area contributed by atoms with Crippen molar-refractivity contribution in [3.05, 3.63) is 42.4 Å². The standard InChI is InChI=1S/C20H26N4O2/c1-21-17-4-6-18(7-5-17)24(14-25)13-16-11-15(3-8-20(16)26-2)19-12-22-9-10-23-19/h3,8-12,14,17-18,21H,4-7,13H2,1-2H3/t17-,18-. The lowest BCUT2D eigenvalue weighted by Gasteiger charge is -2.35. The highest BCUT2D eigenvalue weighted by Gasteiger charge is 2.25. The molecule has 1 aromatic carbocycles. The van der Waals surface area contributed by atoms with Gasteiger partial charge in [0.25, 0.3) is 0 Å². The van der Waals surface area contributed by atoms with E-state index in [1.807, 2.05) is 30.1 Å². The third-order valence-electron chi connectivity index (χ3n) is 5.20. The molecule has 2 aromatic rings. The number of carbonyl (C=O) groups is 1. The molecule has 0 aliphatic heterocycles. The van der Waals surface area contributed by atoms with Crippen LogP contribution in [-0.2, 0) is 11.3 Å². The molecule has 1 fully saturated rings. The van der Waals surface area contributed by atoms with Crippen molar-refractivity contribution in [1.29, 1.82) is 0 Å². The Morgan fingerprint density at radius 3 is 2.69 bits per heavy atom. The predicted octanol–water partition coefficient (Wildman–Crippen LogP) is 2.64. The SMILES string of the molecule is CN[C@H]1CC[C@H](N(C=O)Cc2cc(-c3cnccn3)ccc2OC)CC1. The van der Waals surface area contributed by atoms with Crippen molar-refractivity contribution in [3.63, 3.8) is 0 Å². The number of nitrogens with zero attached hydrogens (tertiary/aromatic N) is 3. The quantitative estimate of drug-likeness (QED) is 0.774. The van der Waals surface area contributed by atoms with Crippen LogP contribution in [0.25, 0.3) is 11.3 Å². The van der Waals surface area contributed by atoms with E-state index in [0.717, 1.165) is 54.7 Å². The monoisotopic (exact) mass is 354 g/mol. The number of ether oxygens (including phenoxy) is 1. The Morgan fingerprint density at radius 1 is 1.27 bits per heavy atom. The van der Waals surface area contributed by atoms with E-state index in [9.17, 15) is 4.79 Å². The molecule has 26 heavy (non-hydrogen) atoms. The molecule has 0 atom stereocenters. The topological polar surface area (TPSA) is 67.4 Å². The van der Waals surface area contributed by atoms with Gasteiger partial charge in [0.05, 0.1) is 19.0 Å². The molecular formula is C20H26N4O2. The molecule has 3 rings (SSSR count). The van der Waals surface area contributed by atoms with E-state index in [1.54, 1.807) is 25.7 Å². The van der Waals surface area contributed by atoms with Gasteiger partial charge in [-0.1, -0.05) is 0 Å². The van der Waals surface area contributed by atoms with E-state index < -0.39 is 0 Å². The fraction of sp³-hybridized carbons (Fsp3) is 0.450. The van der Waals surface area contributed by atoms with Gasteiger partial charge in [-0.15, -0.1) is 0 Å². The van der Waals surface area contributed by atoms with E-state index >= 15 is 0 Å².